The molecule has 6 nitrogen and oxygen atoms in total. The van der Waals surface area contributed by atoms with Crippen molar-refractivity contribution in [3.05, 3.63) is 66.2 Å². The molecule has 2 N–H and O–H groups in total. The first-order chi connectivity index (χ1) is 13.5. The lowest BCUT2D eigenvalue weighted by atomic mass is 10.2. The van der Waals surface area contributed by atoms with E-state index in [1.807, 2.05) is 30.3 Å². The number of hydrogen-bond acceptors (Lipinski definition) is 4. The number of benzene rings is 2. The normalized spacial score (nSPS) is 14.9. The fraction of sp³-hybridized carbons (Fsp3) is 0.238. The Morgan fingerprint density at radius 1 is 1.00 bits per heavy atom. The van der Waals surface area contributed by atoms with Crippen LogP contribution in [0.2, 0.25) is 0 Å². The number of sulfonamides is 1. The van der Waals surface area contributed by atoms with Crippen LogP contribution in [0.15, 0.2) is 70.6 Å². The van der Waals surface area contributed by atoms with Crippen molar-refractivity contribution in [1.29, 1.82) is 0 Å². The average molecular weight is 398 g/mol. The molecule has 7 heteroatoms. The van der Waals surface area contributed by atoms with E-state index in [1.165, 1.54) is 18.2 Å². The second-order valence-corrected chi connectivity index (χ2v) is 8.19. The molecular weight excluding hydrogens is 374 g/mol. The summed E-state index contributed by atoms with van der Waals surface area (Å²) in [6.45, 7) is 0.641. The Hall–Kier alpha value is -2.93. The predicted molar refractivity (Wildman–Crippen MR) is 112 cm³/mol. The number of nitrogens with one attached hydrogen (secondary N) is 2. The lowest BCUT2D eigenvalue weighted by Gasteiger charge is -2.11. The van der Waals surface area contributed by atoms with E-state index in [9.17, 15) is 13.2 Å². The number of carbonyl (C=O) groups is 1. The van der Waals surface area contributed by atoms with Crippen LogP contribution in [0.25, 0.3) is 6.08 Å². The van der Waals surface area contributed by atoms with E-state index in [1.54, 1.807) is 18.2 Å². The van der Waals surface area contributed by atoms with E-state index >= 15 is 0 Å². The van der Waals surface area contributed by atoms with Crippen LogP contribution in [0.1, 0.15) is 31.2 Å². The Morgan fingerprint density at radius 3 is 2.64 bits per heavy atom. The summed E-state index contributed by atoms with van der Waals surface area (Å²) < 4.78 is 27.9. The summed E-state index contributed by atoms with van der Waals surface area (Å²) in [6, 6.07) is 15.6. The van der Waals surface area contributed by atoms with Crippen molar-refractivity contribution in [2.45, 2.75) is 30.6 Å². The van der Waals surface area contributed by atoms with Crippen molar-refractivity contribution in [3.8, 4) is 0 Å². The topological polar surface area (TPSA) is 87.6 Å². The van der Waals surface area contributed by atoms with E-state index in [4.69, 9.17) is 0 Å². The van der Waals surface area contributed by atoms with Crippen molar-refractivity contribution in [3.63, 3.8) is 0 Å². The van der Waals surface area contributed by atoms with Gasteiger partial charge in [-0.05, 0) is 42.7 Å². The molecule has 146 valence electrons. The third-order valence-corrected chi connectivity index (χ3v) is 5.64. The smallest absolute Gasteiger partial charge is 0.262 e. The minimum absolute atomic E-state index is 0.0873. The van der Waals surface area contributed by atoms with Gasteiger partial charge in [-0.15, -0.1) is 0 Å². The summed E-state index contributed by atoms with van der Waals surface area (Å²) in [4.78, 5) is 16.5. The molecule has 0 aromatic heterocycles. The maximum absolute atomic E-state index is 12.6. The largest absolute Gasteiger partial charge is 0.322 e. The highest BCUT2D eigenvalue weighted by Gasteiger charge is 2.17. The maximum atomic E-state index is 12.6. The second-order valence-electron chi connectivity index (χ2n) is 6.51. The molecule has 0 spiro atoms. The molecule has 28 heavy (non-hydrogen) atoms. The molecule has 0 aliphatic carbocycles. The van der Waals surface area contributed by atoms with Crippen molar-refractivity contribution < 1.29 is 13.2 Å². The van der Waals surface area contributed by atoms with Gasteiger partial charge in [-0.1, -0.05) is 42.8 Å². The van der Waals surface area contributed by atoms with Crippen LogP contribution in [0.3, 0.4) is 0 Å². The number of carbonyl (C=O) groups excluding carboxylic acids is 1. The number of nitrogens with zero attached hydrogens (tertiary/aromatic N) is 1. The number of amidine groups is 1. The summed E-state index contributed by atoms with van der Waals surface area (Å²) in [5, 5.41) is 2.69. The summed E-state index contributed by atoms with van der Waals surface area (Å²) in [6.07, 6.45) is 6.68. The SMILES string of the molecule is O=C(C=Cc1ccccc1)Nc1cccc(S(=O)(=O)NC2=NCCCCC2)c1. The molecule has 0 saturated heterocycles. The Balaban J connectivity index is 1.68. The summed E-state index contributed by atoms with van der Waals surface area (Å²) in [5.41, 5.74) is 1.32. The Morgan fingerprint density at radius 2 is 1.82 bits per heavy atom. The zero-order valence-corrected chi connectivity index (χ0v) is 16.3. The quantitative estimate of drug-likeness (QED) is 0.756. The van der Waals surface area contributed by atoms with Crippen molar-refractivity contribution in [2.75, 3.05) is 11.9 Å². The first-order valence-corrected chi connectivity index (χ1v) is 10.7. The van der Waals surface area contributed by atoms with E-state index in [0.717, 1.165) is 24.8 Å². The Kier molecular flexibility index (Phi) is 6.60. The number of rotatable bonds is 5. The van der Waals surface area contributed by atoms with Gasteiger partial charge in [0.25, 0.3) is 10.0 Å². The van der Waals surface area contributed by atoms with E-state index in [0.29, 0.717) is 24.5 Å². The number of anilines is 1. The lowest BCUT2D eigenvalue weighted by molar-refractivity contribution is -0.111. The van der Waals surface area contributed by atoms with E-state index < -0.39 is 10.0 Å². The van der Waals surface area contributed by atoms with Crippen molar-refractivity contribution in [1.82, 2.24) is 4.72 Å². The van der Waals surface area contributed by atoms with Gasteiger partial charge in [-0.25, -0.2) is 8.42 Å². The van der Waals surface area contributed by atoms with Crippen molar-refractivity contribution >= 4 is 33.5 Å². The molecule has 0 bridgehead atoms. The minimum atomic E-state index is -3.74. The molecule has 0 atom stereocenters. The van der Waals surface area contributed by atoms with Gasteiger partial charge in [0.15, 0.2) is 0 Å². The highest BCUT2D eigenvalue weighted by Crippen LogP contribution is 2.17. The molecule has 0 saturated carbocycles. The Bertz CT molecular complexity index is 983. The first kappa shape index (κ1) is 19.8. The minimum Gasteiger partial charge on any atom is -0.322 e. The zero-order valence-electron chi connectivity index (χ0n) is 15.5. The average Bonchev–Trinajstić information content (AvgIpc) is 2.96. The highest BCUT2D eigenvalue weighted by molar-refractivity contribution is 7.90. The fourth-order valence-electron chi connectivity index (χ4n) is 2.83. The monoisotopic (exact) mass is 397 g/mol. The van der Waals surface area contributed by atoms with Crippen LogP contribution in [0.4, 0.5) is 5.69 Å². The van der Waals surface area contributed by atoms with Gasteiger partial charge in [0.05, 0.1) is 4.90 Å². The van der Waals surface area contributed by atoms with Gasteiger partial charge >= 0.3 is 0 Å². The number of hydrogen-bond donors (Lipinski definition) is 2. The molecule has 2 aromatic rings. The van der Waals surface area contributed by atoms with Gasteiger partial charge in [0.1, 0.15) is 5.84 Å². The summed E-state index contributed by atoms with van der Waals surface area (Å²) in [5.74, 6) is 0.164. The third-order valence-electron chi connectivity index (χ3n) is 4.27. The lowest BCUT2D eigenvalue weighted by Crippen LogP contribution is -2.30. The third kappa shape index (κ3) is 5.79. The van der Waals surface area contributed by atoms with Crippen LogP contribution in [-0.2, 0) is 14.8 Å². The highest BCUT2D eigenvalue weighted by atomic mass is 32.2. The number of amides is 1. The molecule has 1 aliphatic heterocycles. The molecule has 2 aromatic carbocycles. The standard InChI is InChI=1S/C21H23N3O3S/c25-21(14-13-17-8-3-1-4-9-17)23-18-10-7-11-19(16-18)28(26,27)24-20-12-5-2-6-15-22-20/h1,3-4,7-11,13-14,16H,2,5-6,12,15H2,(H,22,24)(H,23,25). The van der Waals surface area contributed by atoms with Crippen LogP contribution in [0.5, 0.6) is 0 Å². The predicted octanol–water partition coefficient (Wildman–Crippen LogP) is 3.59. The summed E-state index contributed by atoms with van der Waals surface area (Å²) >= 11 is 0. The van der Waals surface area contributed by atoms with Crippen LogP contribution >= 0.6 is 0 Å². The molecule has 0 radical (unpaired) electrons. The molecule has 0 unspecified atom stereocenters. The second kappa shape index (κ2) is 9.32. The van der Waals surface area contributed by atoms with Crippen LogP contribution in [-0.4, -0.2) is 26.7 Å². The summed E-state index contributed by atoms with van der Waals surface area (Å²) in [7, 11) is -3.74. The first-order valence-electron chi connectivity index (χ1n) is 9.23. The van der Waals surface area contributed by atoms with E-state index in [2.05, 4.69) is 15.0 Å². The van der Waals surface area contributed by atoms with Gasteiger partial charge in [-0.2, -0.15) is 0 Å². The van der Waals surface area contributed by atoms with Gasteiger partial charge in [0, 0.05) is 24.7 Å². The molecule has 1 heterocycles. The Labute approximate surface area is 165 Å². The molecule has 1 aliphatic rings. The maximum Gasteiger partial charge on any atom is 0.262 e. The molecular formula is C21H23N3O3S. The molecule has 0 fully saturated rings. The van der Waals surface area contributed by atoms with E-state index in [-0.39, 0.29) is 10.8 Å². The van der Waals surface area contributed by atoms with Crippen molar-refractivity contribution in [2.24, 2.45) is 4.99 Å². The zero-order chi connectivity index (χ0) is 19.8. The van der Waals surface area contributed by atoms with Crippen LogP contribution in [0, 0.1) is 0 Å². The van der Waals surface area contributed by atoms with Gasteiger partial charge < -0.3 is 5.32 Å². The van der Waals surface area contributed by atoms with Gasteiger partial charge in [-0.3, -0.25) is 14.5 Å². The fourth-order valence-corrected chi connectivity index (χ4v) is 3.97. The molecule has 3 rings (SSSR count). The molecule has 1 amide bonds. The number of aliphatic imine (C=N–C) groups is 1. The van der Waals surface area contributed by atoms with Crippen LogP contribution < -0.4 is 10.0 Å². The van der Waals surface area contributed by atoms with Gasteiger partial charge in [0.2, 0.25) is 5.91 Å².